The fraction of sp³-hybridized carbons (Fsp3) is 0.111. The molecule has 2 aromatic rings. The molecule has 0 fully saturated rings. The smallest absolute Gasteiger partial charge is 0.341 e. The molecule has 0 atom stereocenters. The van der Waals surface area contributed by atoms with Crippen molar-refractivity contribution in [1.82, 2.24) is 0 Å². The number of carbonyl (C=O) groups excluding carboxylic acids is 1. The molecule has 0 aliphatic rings. The van der Waals surface area contributed by atoms with E-state index in [0.29, 0.717) is 5.75 Å². The Hall–Kier alpha value is -3.15. The molecule has 0 amide bonds. The fourth-order valence-electron chi connectivity index (χ4n) is 1.91. The lowest BCUT2D eigenvalue weighted by Gasteiger charge is -2.03. The Morgan fingerprint density at radius 2 is 1.88 bits per heavy atom. The summed E-state index contributed by atoms with van der Waals surface area (Å²) in [4.78, 5) is 22.4. The molecule has 0 saturated heterocycles. The van der Waals surface area contributed by atoms with Crippen molar-refractivity contribution in [3.63, 3.8) is 0 Å². The van der Waals surface area contributed by atoms with Crippen LogP contribution in [0.3, 0.4) is 0 Å². The van der Waals surface area contributed by atoms with Crippen LogP contribution in [0.15, 0.2) is 48.5 Å². The molecule has 0 heterocycles. The number of carboxylic acid groups (broad SMARTS) is 1. The summed E-state index contributed by atoms with van der Waals surface area (Å²) in [5, 5.41) is 8.53. The first-order valence-electron chi connectivity index (χ1n) is 7.00. The molecule has 0 aliphatic heterocycles. The highest BCUT2D eigenvalue weighted by Gasteiger charge is 2.07. The van der Waals surface area contributed by atoms with Gasteiger partial charge in [0, 0.05) is 5.56 Å². The van der Waals surface area contributed by atoms with E-state index in [2.05, 4.69) is 0 Å². The number of halogens is 1. The standard InChI is InChI=1S/C18H15FO5/c1-23-17-9-5-13(10-15(17)19)16(20)8-4-12-2-6-14(7-3-12)24-11-18(21)22/h2-10H,11H2,1H3,(H,21,22)/b8-4+. The van der Waals surface area contributed by atoms with Crippen LogP contribution in [0.4, 0.5) is 4.39 Å². The lowest BCUT2D eigenvalue weighted by Crippen LogP contribution is -2.09. The predicted molar refractivity (Wildman–Crippen MR) is 85.9 cm³/mol. The number of hydrogen-bond donors (Lipinski definition) is 1. The van der Waals surface area contributed by atoms with Crippen molar-refractivity contribution < 1.29 is 28.6 Å². The highest BCUT2D eigenvalue weighted by atomic mass is 19.1. The molecular formula is C18H15FO5. The molecule has 2 aromatic carbocycles. The topological polar surface area (TPSA) is 72.8 Å². The van der Waals surface area contributed by atoms with Crippen molar-refractivity contribution in [3.8, 4) is 11.5 Å². The van der Waals surface area contributed by atoms with Gasteiger partial charge in [0.15, 0.2) is 24.0 Å². The minimum atomic E-state index is -1.06. The lowest BCUT2D eigenvalue weighted by atomic mass is 10.1. The Morgan fingerprint density at radius 3 is 2.46 bits per heavy atom. The molecule has 0 saturated carbocycles. The van der Waals surface area contributed by atoms with Gasteiger partial charge in [-0.3, -0.25) is 4.79 Å². The predicted octanol–water partition coefficient (Wildman–Crippen LogP) is 3.19. The molecule has 6 heteroatoms. The molecule has 124 valence electrons. The third kappa shape index (κ3) is 4.67. The van der Waals surface area contributed by atoms with Crippen molar-refractivity contribution >= 4 is 17.8 Å². The number of carboxylic acids is 1. The third-order valence-corrected chi connectivity index (χ3v) is 3.11. The second-order valence-electron chi connectivity index (χ2n) is 4.80. The molecule has 5 nitrogen and oxygen atoms in total. The van der Waals surface area contributed by atoms with E-state index in [0.717, 1.165) is 11.6 Å². The first-order valence-corrected chi connectivity index (χ1v) is 7.00. The van der Waals surface area contributed by atoms with Gasteiger partial charge in [0.05, 0.1) is 7.11 Å². The number of allylic oxidation sites excluding steroid dienone is 1. The van der Waals surface area contributed by atoms with E-state index in [1.165, 1.54) is 25.3 Å². The number of hydrogen-bond acceptors (Lipinski definition) is 4. The van der Waals surface area contributed by atoms with Crippen LogP contribution in [0.2, 0.25) is 0 Å². The number of rotatable bonds is 7. The molecule has 0 radical (unpaired) electrons. The SMILES string of the molecule is COc1ccc(C(=O)/C=C/c2ccc(OCC(=O)O)cc2)cc1F. The Kier molecular flexibility index (Phi) is 5.68. The number of ketones is 1. The molecule has 0 aromatic heterocycles. The number of aliphatic carboxylic acids is 1. The van der Waals surface area contributed by atoms with E-state index in [1.807, 2.05) is 0 Å². The summed E-state index contributed by atoms with van der Waals surface area (Å²) in [7, 11) is 1.35. The van der Waals surface area contributed by atoms with Crippen molar-refractivity contribution in [2.24, 2.45) is 0 Å². The largest absolute Gasteiger partial charge is 0.494 e. The van der Waals surface area contributed by atoms with E-state index >= 15 is 0 Å². The van der Waals surface area contributed by atoms with Gasteiger partial charge in [0.2, 0.25) is 0 Å². The normalized spacial score (nSPS) is 10.6. The molecule has 24 heavy (non-hydrogen) atoms. The Morgan fingerprint density at radius 1 is 1.17 bits per heavy atom. The van der Waals surface area contributed by atoms with Crippen molar-refractivity contribution in [1.29, 1.82) is 0 Å². The summed E-state index contributed by atoms with van der Waals surface area (Å²) in [6.45, 7) is -0.420. The highest BCUT2D eigenvalue weighted by molar-refractivity contribution is 6.06. The van der Waals surface area contributed by atoms with Crippen LogP contribution >= 0.6 is 0 Å². The van der Waals surface area contributed by atoms with Crippen molar-refractivity contribution in [2.45, 2.75) is 0 Å². The zero-order valence-electron chi connectivity index (χ0n) is 12.9. The van der Waals surface area contributed by atoms with Gasteiger partial charge in [-0.15, -0.1) is 0 Å². The zero-order valence-corrected chi connectivity index (χ0v) is 12.9. The molecular weight excluding hydrogens is 315 g/mol. The average molecular weight is 330 g/mol. The van der Waals surface area contributed by atoms with E-state index in [1.54, 1.807) is 30.3 Å². The van der Waals surface area contributed by atoms with Gasteiger partial charge in [-0.25, -0.2) is 9.18 Å². The first kappa shape index (κ1) is 17.2. The maximum absolute atomic E-state index is 13.6. The van der Waals surface area contributed by atoms with Crippen molar-refractivity contribution in [2.75, 3.05) is 13.7 Å². The fourth-order valence-corrected chi connectivity index (χ4v) is 1.91. The van der Waals surface area contributed by atoms with Gasteiger partial charge < -0.3 is 14.6 Å². The van der Waals surface area contributed by atoms with E-state index in [9.17, 15) is 14.0 Å². The van der Waals surface area contributed by atoms with Gasteiger partial charge in [0.1, 0.15) is 5.75 Å². The van der Waals surface area contributed by atoms with Crippen LogP contribution in [0, 0.1) is 5.82 Å². The molecule has 0 bridgehead atoms. The average Bonchev–Trinajstić information content (AvgIpc) is 2.58. The van der Waals surface area contributed by atoms with E-state index in [-0.39, 0.29) is 17.1 Å². The summed E-state index contributed by atoms with van der Waals surface area (Å²) in [6.07, 6.45) is 2.90. The van der Waals surface area contributed by atoms with Gasteiger partial charge in [-0.2, -0.15) is 0 Å². The zero-order chi connectivity index (χ0) is 17.5. The summed E-state index contributed by atoms with van der Waals surface area (Å²) < 4.78 is 23.4. The number of methoxy groups -OCH3 is 1. The number of carbonyl (C=O) groups is 2. The summed E-state index contributed by atoms with van der Waals surface area (Å²) in [5.41, 5.74) is 0.936. The van der Waals surface area contributed by atoms with E-state index in [4.69, 9.17) is 14.6 Å². The molecule has 0 aliphatic carbocycles. The van der Waals surface area contributed by atoms with Crippen molar-refractivity contribution in [3.05, 3.63) is 65.5 Å². The second kappa shape index (κ2) is 7.92. The number of ether oxygens (including phenoxy) is 2. The second-order valence-corrected chi connectivity index (χ2v) is 4.80. The summed E-state index contributed by atoms with van der Waals surface area (Å²) in [6, 6.07) is 10.5. The molecule has 2 rings (SSSR count). The maximum atomic E-state index is 13.6. The lowest BCUT2D eigenvalue weighted by molar-refractivity contribution is -0.139. The van der Waals surface area contributed by atoms with Crippen LogP contribution in [-0.2, 0) is 4.79 Å². The van der Waals surface area contributed by atoms with Gasteiger partial charge >= 0.3 is 5.97 Å². The number of benzene rings is 2. The van der Waals surface area contributed by atoms with Crippen LogP contribution in [0.25, 0.3) is 6.08 Å². The summed E-state index contributed by atoms with van der Waals surface area (Å²) in [5.74, 6) is -1.51. The molecule has 0 unspecified atom stereocenters. The molecule has 0 spiro atoms. The first-order chi connectivity index (χ1) is 11.5. The van der Waals surface area contributed by atoms with Crippen LogP contribution in [0.1, 0.15) is 15.9 Å². The van der Waals surface area contributed by atoms with Gasteiger partial charge in [0.25, 0.3) is 0 Å². The monoisotopic (exact) mass is 330 g/mol. The Bertz CT molecular complexity index is 765. The van der Waals surface area contributed by atoms with Crippen LogP contribution < -0.4 is 9.47 Å². The highest BCUT2D eigenvalue weighted by Crippen LogP contribution is 2.19. The van der Waals surface area contributed by atoms with Crippen LogP contribution in [-0.4, -0.2) is 30.6 Å². The van der Waals surface area contributed by atoms with Gasteiger partial charge in [-0.1, -0.05) is 18.2 Å². The van der Waals surface area contributed by atoms with E-state index < -0.39 is 18.4 Å². The summed E-state index contributed by atoms with van der Waals surface area (Å²) >= 11 is 0. The maximum Gasteiger partial charge on any atom is 0.341 e. The Labute approximate surface area is 137 Å². The molecule has 1 N–H and O–H groups in total. The third-order valence-electron chi connectivity index (χ3n) is 3.11. The quantitative estimate of drug-likeness (QED) is 0.623. The minimum Gasteiger partial charge on any atom is -0.494 e. The minimum absolute atomic E-state index is 0.0764. The Balaban J connectivity index is 2.03. The van der Waals surface area contributed by atoms with Crippen LogP contribution in [0.5, 0.6) is 11.5 Å². The van der Waals surface area contributed by atoms with Gasteiger partial charge in [-0.05, 0) is 42.0 Å².